The number of nitrogens with one attached hydrogen (secondary N) is 3. The van der Waals surface area contributed by atoms with Crippen molar-refractivity contribution >= 4 is 23.1 Å². The molecule has 3 rings (SSSR count). The quantitative estimate of drug-likeness (QED) is 0.632. The van der Waals surface area contributed by atoms with Gasteiger partial charge in [-0.05, 0) is 45.0 Å². The molecule has 144 valence electrons. The summed E-state index contributed by atoms with van der Waals surface area (Å²) < 4.78 is 14.8. The maximum absolute atomic E-state index is 13.1. The lowest BCUT2D eigenvalue weighted by Gasteiger charge is -2.25. The number of aromatic nitrogens is 3. The summed E-state index contributed by atoms with van der Waals surface area (Å²) in [6, 6.07) is 5.66. The van der Waals surface area contributed by atoms with Crippen LogP contribution in [0, 0.1) is 5.82 Å². The standard InChI is InChI=1S/C20H26FN5O/c1-19(2,3)15-17(25-20(4,5)6)26-16(24-15)14(11-22-26)18(27)23-13-9-7-12(21)8-10-13/h7-11,24-25H,1-6H3,(H,23,27). The van der Waals surface area contributed by atoms with Crippen molar-refractivity contribution in [3.8, 4) is 0 Å². The zero-order valence-corrected chi connectivity index (χ0v) is 16.6. The topological polar surface area (TPSA) is 74.2 Å². The normalized spacial score (nSPS) is 12.4. The van der Waals surface area contributed by atoms with Crippen LogP contribution >= 0.6 is 0 Å². The highest BCUT2D eigenvalue weighted by Crippen LogP contribution is 2.32. The zero-order chi connectivity index (χ0) is 20.0. The molecular weight excluding hydrogens is 345 g/mol. The van der Waals surface area contributed by atoms with Gasteiger partial charge in [0.15, 0.2) is 0 Å². The molecule has 3 N–H and O–H groups in total. The molecule has 0 radical (unpaired) electrons. The van der Waals surface area contributed by atoms with Gasteiger partial charge in [0, 0.05) is 16.6 Å². The van der Waals surface area contributed by atoms with Gasteiger partial charge >= 0.3 is 0 Å². The molecule has 1 amide bonds. The minimum atomic E-state index is -0.349. The fourth-order valence-corrected chi connectivity index (χ4v) is 2.83. The predicted molar refractivity (Wildman–Crippen MR) is 106 cm³/mol. The van der Waals surface area contributed by atoms with Crippen molar-refractivity contribution < 1.29 is 9.18 Å². The number of H-pyrrole nitrogens is 1. The lowest BCUT2D eigenvalue weighted by Crippen LogP contribution is -2.29. The zero-order valence-electron chi connectivity index (χ0n) is 16.6. The van der Waals surface area contributed by atoms with Crippen LogP contribution in [0.25, 0.3) is 5.65 Å². The number of benzene rings is 1. The summed E-state index contributed by atoms with van der Waals surface area (Å²) in [7, 11) is 0. The van der Waals surface area contributed by atoms with Crippen LogP contribution in [0.15, 0.2) is 30.5 Å². The molecule has 0 spiro atoms. The van der Waals surface area contributed by atoms with Crippen LogP contribution in [0.5, 0.6) is 0 Å². The summed E-state index contributed by atoms with van der Waals surface area (Å²) >= 11 is 0. The Balaban J connectivity index is 2.02. The molecule has 0 bridgehead atoms. The van der Waals surface area contributed by atoms with E-state index in [1.54, 1.807) is 4.52 Å². The van der Waals surface area contributed by atoms with E-state index in [-0.39, 0.29) is 22.7 Å². The third-order valence-electron chi connectivity index (χ3n) is 4.05. The Morgan fingerprint density at radius 1 is 1.11 bits per heavy atom. The SMILES string of the molecule is CC(C)(C)Nc1c(C(C)(C)C)[nH]c2c(C(=O)Nc3ccc(F)cc3)cnn12. The average Bonchev–Trinajstić information content (AvgIpc) is 3.08. The van der Waals surface area contributed by atoms with Gasteiger partial charge in [0.25, 0.3) is 5.91 Å². The number of nitrogens with zero attached hydrogens (tertiary/aromatic N) is 2. The minimum Gasteiger partial charge on any atom is -0.364 e. The van der Waals surface area contributed by atoms with E-state index in [0.717, 1.165) is 11.5 Å². The fraction of sp³-hybridized carbons (Fsp3) is 0.400. The van der Waals surface area contributed by atoms with Crippen molar-refractivity contribution in [1.82, 2.24) is 14.6 Å². The number of carbonyl (C=O) groups excluding carboxylic acids is 1. The lowest BCUT2D eigenvalue weighted by atomic mass is 9.91. The Morgan fingerprint density at radius 2 is 1.74 bits per heavy atom. The number of imidazole rings is 1. The second-order valence-corrected chi connectivity index (χ2v) is 8.75. The van der Waals surface area contributed by atoms with Crippen molar-refractivity contribution in [3.63, 3.8) is 0 Å². The van der Waals surface area contributed by atoms with Crippen LogP contribution in [-0.4, -0.2) is 26.0 Å². The van der Waals surface area contributed by atoms with Crippen molar-refractivity contribution in [2.45, 2.75) is 52.5 Å². The van der Waals surface area contributed by atoms with Crippen molar-refractivity contribution in [2.75, 3.05) is 10.6 Å². The van der Waals surface area contributed by atoms with Gasteiger partial charge < -0.3 is 15.6 Å². The first kappa shape index (κ1) is 18.9. The molecule has 2 aromatic heterocycles. The summed E-state index contributed by atoms with van der Waals surface area (Å²) in [6.07, 6.45) is 1.53. The van der Waals surface area contributed by atoms with Gasteiger partial charge in [-0.2, -0.15) is 9.61 Å². The minimum absolute atomic E-state index is 0.168. The molecule has 0 saturated heterocycles. The number of aromatic amines is 1. The predicted octanol–water partition coefficient (Wildman–Crippen LogP) is 4.56. The Bertz CT molecular complexity index is 971. The maximum Gasteiger partial charge on any atom is 0.261 e. The first-order valence-corrected chi connectivity index (χ1v) is 8.91. The van der Waals surface area contributed by atoms with Crippen molar-refractivity contribution in [3.05, 3.63) is 47.5 Å². The molecule has 0 aliphatic heterocycles. The highest BCUT2D eigenvalue weighted by atomic mass is 19.1. The summed E-state index contributed by atoms with van der Waals surface area (Å²) in [6.45, 7) is 12.5. The molecule has 3 aromatic rings. The van der Waals surface area contributed by atoms with Crippen LogP contribution in [0.2, 0.25) is 0 Å². The molecule has 7 heteroatoms. The average molecular weight is 371 g/mol. The second-order valence-electron chi connectivity index (χ2n) is 8.75. The van der Waals surface area contributed by atoms with E-state index in [2.05, 4.69) is 62.3 Å². The van der Waals surface area contributed by atoms with Crippen LogP contribution in [0.3, 0.4) is 0 Å². The number of anilines is 2. The highest BCUT2D eigenvalue weighted by Gasteiger charge is 2.28. The number of rotatable bonds is 3. The molecule has 0 fully saturated rings. The monoisotopic (exact) mass is 371 g/mol. The van der Waals surface area contributed by atoms with E-state index in [1.165, 1.54) is 30.5 Å². The van der Waals surface area contributed by atoms with Crippen molar-refractivity contribution in [2.24, 2.45) is 0 Å². The van der Waals surface area contributed by atoms with E-state index in [0.29, 0.717) is 16.9 Å². The Labute approximate surface area is 158 Å². The molecule has 0 saturated carbocycles. The third-order valence-corrected chi connectivity index (χ3v) is 4.05. The highest BCUT2D eigenvalue weighted by molar-refractivity contribution is 6.08. The first-order valence-electron chi connectivity index (χ1n) is 8.91. The molecule has 0 aliphatic rings. The molecule has 2 heterocycles. The summed E-state index contributed by atoms with van der Waals surface area (Å²) in [4.78, 5) is 16.1. The van der Waals surface area contributed by atoms with Crippen LogP contribution in [-0.2, 0) is 5.41 Å². The second kappa shape index (κ2) is 6.40. The van der Waals surface area contributed by atoms with Gasteiger partial charge in [-0.3, -0.25) is 4.79 Å². The maximum atomic E-state index is 13.1. The molecular formula is C20H26FN5O. The van der Waals surface area contributed by atoms with Gasteiger partial charge in [-0.25, -0.2) is 4.39 Å². The van der Waals surface area contributed by atoms with Crippen molar-refractivity contribution in [1.29, 1.82) is 0 Å². The Kier molecular flexibility index (Phi) is 4.49. The molecule has 27 heavy (non-hydrogen) atoms. The fourth-order valence-electron chi connectivity index (χ4n) is 2.83. The number of amides is 1. The largest absolute Gasteiger partial charge is 0.364 e. The number of hydrogen-bond acceptors (Lipinski definition) is 3. The molecule has 0 atom stereocenters. The van der Waals surface area contributed by atoms with E-state index in [9.17, 15) is 9.18 Å². The van der Waals surface area contributed by atoms with E-state index < -0.39 is 0 Å². The summed E-state index contributed by atoms with van der Waals surface area (Å²) in [5.41, 5.74) is 2.20. The first-order chi connectivity index (χ1) is 12.5. The van der Waals surface area contributed by atoms with Gasteiger partial charge in [-0.15, -0.1) is 0 Å². The van der Waals surface area contributed by atoms with Crippen LogP contribution < -0.4 is 10.6 Å². The van der Waals surface area contributed by atoms with Gasteiger partial charge in [0.2, 0.25) is 0 Å². The smallest absolute Gasteiger partial charge is 0.261 e. The van der Waals surface area contributed by atoms with E-state index >= 15 is 0 Å². The van der Waals surface area contributed by atoms with Crippen LogP contribution in [0.1, 0.15) is 57.6 Å². The summed E-state index contributed by atoms with van der Waals surface area (Å²) in [5.74, 6) is 0.185. The third kappa shape index (κ3) is 3.97. The molecule has 0 unspecified atom stereocenters. The number of fused-ring (bicyclic) bond motifs is 1. The van der Waals surface area contributed by atoms with Gasteiger partial charge in [-0.1, -0.05) is 20.8 Å². The summed E-state index contributed by atoms with van der Waals surface area (Å²) in [5, 5.41) is 10.7. The number of hydrogen-bond donors (Lipinski definition) is 3. The molecule has 6 nitrogen and oxygen atoms in total. The Morgan fingerprint density at radius 3 is 2.30 bits per heavy atom. The van der Waals surface area contributed by atoms with E-state index in [4.69, 9.17) is 0 Å². The number of carbonyl (C=O) groups is 1. The van der Waals surface area contributed by atoms with Gasteiger partial charge in [0.1, 0.15) is 22.8 Å². The number of halogens is 1. The van der Waals surface area contributed by atoms with E-state index in [1.807, 2.05) is 0 Å². The lowest BCUT2D eigenvalue weighted by molar-refractivity contribution is 0.102. The molecule has 0 aliphatic carbocycles. The van der Waals surface area contributed by atoms with Crippen LogP contribution in [0.4, 0.5) is 15.9 Å². The van der Waals surface area contributed by atoms with Gasteiger partial charge in [0.05, 0.1) is 11.9 Å². The molecule has 1 aromatic carbocycles. The Hall–Kier alpha value is -2.83.